The van der Waals surface area contributed by atoms with Crippen molar-refractivity contribution in [3.8, 4) is 11.8 Å². The third kappa shape index (κ3) is 1.00. The Morgan fingerprint density at radius 3 is 3.00 bits per heavy atom. The van der Waals surface area contributed by atoms with Crippen molar-refractivity contribution in [3.05, 3.63) is 53.3 Å². The first-order valence-corrected chi connectivity index (χ1v) is 5.34. The summed E-state index contributed by atoms with van der Waals surface area (Å²) in [7, 11) is 0. The van der Waals surface area contributed by atoms with E-state index in [0.717, 1.165) is 17.9 Å². The summed E-state index contributed by atoms with van der Waals surface area (Å²) in [6, 6.07) is 10.2. The van der Waals surface area contributed by atoms with Crippen LogP contribution in [-0.4, -0.2) is 0 Å². The van der Waals surface area contributed by atoms with E-state index >= 15 is 0 Å². The Morgan fingerprint density at radius 2 is 2.19 bits per heavy atom. The van der Waals surface area contributed by atoms with E-state index in [1.165, 1.54) is 5.56 Å². The Morgan fingerprint density at radius 1 is 1.38 bits per heavy atom. The van der Waals surface area contributed by atoms with Crippen LogP contribution in [0.1, 0.15) is 18.9 Å². The van der Waals surface area contributed by atoms with Gasteiger partial charge in [-0.3, -0.25) is 0 Å². The molecule has 1 aliphatic heterocycles. The van der Waals surface area contributed by atoms with Crippen LogP contribution in [0, 0.1) is 11.3 Å². The molecule has 0 radical (unpaired) electrons. The zero-order valence-electron chi connectivity index (χ0n) is 9.03. The van der Waals surface area contributed by atoms with E-state index in [1.807, 2.05) is 30.4 Å². The third-order valence-corrected chi connectivity index (χ3v) is 3.37. The van der Waals surface area contributed by atoms with Gasteiger partial charge in [-0.25, -0.2) is 0 Å². The second-order valence-electron chi connectivity index (χ2n) is 4.39. The summed E-state index contributed by atoms with van der Waals surface area (Å²) in [4.78, 5) is 0. The first kappa shape index (κ1) is 9.23. The highest BCUT2D eigenvalue weighted by molar-refractivity contribution is 5.57. The zero-order chi connectivity index (χ0) is 11.2. The normalized spacial score (nSPS) is 25.8. The quantitative estimate of drug-likeness (QED) is 0.657. The van der Waals surface area contributed by atoms with Crippen LogP contribution in [-0.2, 0) is 5.41 Å². The van der Waals surface area contributed by atoms with Crippen molar-refractivity contribution in [2.45, 2.75) is 18.8 Å². The zero-order valence-corrected chi connectivity index (χ0v) is 9.03. The molecule has 3 rings (SSSR count). The number of nitrogens with zero attached hydrogens (tertiary/aromatic N) is 1. The topological polar surface area (TPSA) is 33.0 Å². The Balaban J connectivity index is 2.27. The molecule has 1 aliphatic carbocycles. The molecular formula is C14H11NO. The Hall–Kier alpha value is -2.01. The second kappa shape index (κ2) is 2.99. The van der Waals surface area contributed by atoms with Crippen LogP contribution in [0.4, 0.5) is 0 Å². The number of ether oxygens (including phenoxy) is 1. The molecule has 78 valence electrons. The maximum Gasteiger partial charge on any atom is 0.132 e. The fourth-order valence-electron chi connectivity index (χ4n) is 2.49. The van der Waals surface area contributed by atoms with E-state index in [4.69, 9.17) is 10.00 Å². The third-order valence-electron chi connectivity index (χ3n) is 3.37. The lowest BCUT2D eigenvalue weighted by atomic mass is 9.75. The lowest BCUT2D eigenvalue weighted by Gasteiger charge is -2.26. The largest absolute Gasteiger partial charge is 0.459 e. The van der Waals surface area contributed by atoms with Gasteiger partial charge in [0, 0.05) is 5.56 Å². The highest BCUT2D eigenvalue weighted by Gasteiger charge is 2.43. The number of rotatable bonds is 0. The van der Waals surface area contributed by atoms with Gasteiger partial charge in [-0.15, -0.1) is 0 Å². The van der Waals surface area contributed by atoms with E-state index in [9.17, 15) is 0 Å². The summed E-state index contributed by atoms with van der Waals surface area (Å²) in [5.41, 5.74) is 1.67. The number of fused-ring (bicyclic) bond motifs is 3. The monoisotopic (exact) mass is 209 g/mol. The summed E-state index contributed by atoms with van der Waals surface area (Å²) in [6.45, 7) is 2.13. The van der Waals surface area contributed by atoms with Crippen molar-refractivity contribution >= 4 is 0 Å². The number of hydrogen-bond donors (Lipinski definition) is 0. The Bertz CT molecular complexity index is 562. The minimum absolute atomic E-state index is 0.156. The van der Waals surface area contributed by atoms with E-state index in [-0.39, 0.29) is 5.41 Å². The summed E-state index contributed by atoms with van der Waals surface area (Å²) in [6.07, 6.45) is 4.79. The van der Waals surface area contributed by atoms with Gasteiger partial charge >= 0.3 is 0 Å². The van der Waals surface area contributed by atoms with Crippen LogP contribution < -0.4 is 4.74 Å². The van der Waals surface area contributed by atoms with Crippen molar-refractivity contribution < 1.29 is 4.74 Å². The molecule has 0 saturated carbocycles. The van der Waals surface area contributed by atoms with Gasteiger partial charge in [0.05, 0.1) is 11.0 Å². The number of benzene rings is 1. The molecule has 2 heteroatoms. The van der Waals surface area contributed by atoms with Crippen LogP contribution in [0.25, 0.3) is 0 Å². The van der Waals surface area contributed by atoms with Crippen LogP contribution in [0.15, 0.2) is 47.7 Å². The number of nitriles is 1. The molecule has 16 heavy (non-hydrogen) atoms. The first-order chi connectivity index (χ1) is 7.75. The smallest absolute Gasteiger partial charge is 0.132 e. The number of hydrogen-bond acceptors (Lipinski definition) is 2. The lowest BCUT2D eigenvalue weighted by Crippen LogP contribution is -2.24. The molecule has 2 aliphatic rings. The van der Waals surface area contributed by atoms with Crippen molar-refractivity contribution in [1.29, 1.82) is 5.26 Å². The molecule has 0 fully saturated rings. The highest BCUT2D eigenvalue weighted by Crippen LogP contribution is 2.50. The minimum atomic E-state index is -0.156. The Labute approximate surface area is 94.5 Å². The molecule has 1 aromatic carbocycles. The molecule has 1 unspecified atom stereocenters. The van der Waals surface area contributed by atoms with Gasteiger partial charge in [0.15, 0.2) is 0 Å². The maximum atomic E-state index is 9.09. The van der Waals surface area contributed by atoms with Crippen molar-refractivity contribution in [2.24, 2.45) is 0 Å². The molecule has 2 nitrogen and oxygen atoms in total. The van der Waals surface area contributed by atoms with Gasteiger partial charge in [-0.1, -0.05) is 24.3 Å². The molecule has 0 saturated heterocycles. The average Bonchev–Trinajstić information content (AvgIpc) is 2.62. The molecule has 0 amide bonds. The average molecular weight is 209 g/mol. The van der Waals surface area contributed by atoms with E-state index in [2.05, 4.69) is 19.1 Å². The second-order valence-corrected chi connectivity index (χ2v) is 4.39. The maximum absolute atomic E-state index is 9.09. The molecule has 1 atom stereocenters. The molecule has 0 bridgehead atoms. The fraction of sp³-hybridized carbons (Fsp3) is 0.214. The summed E-state index contributed by atoms with van der Waals surface area (Å²) in [5, 5.41) is 9.09. The minimum Gasteiger partial charge on any atom is -0.459 e. The Kier molecular flexibility index (Phi) is 1.73. The van der Waals surface area contributed by atoms with Crippen LogP contribution in [0.2, 0.25) is 0 Å². The van der Waals surface area contributed by atoms with Crippen LogP contribution >= 0.6 is 0 Å². The predicted octanol–water partition coefficient (Wildman–Crippen LogP) is 3.07. The fourth-order valence-corrected chi connectivity index (χ4v) is 2.49. The predicted molar refractivity (Wildman–Crippen MR) is 60.8 cm³/mol. The molecular weight excluding hydrogens is 198 g/mol. The van der Waals surface area contributed by atoms with Crippen LogP contribution in [0.5, 0.6) is 5.75 Å². The van der Waals surface area contributed by atoms with Crippen molar-refractivity contribution in [2.75, 3.05) is 0 Å². The number of allylic oxidation sites excluding steroid dienone is 4. The van der Waals surface area contributed by atoms with Gasteiger partial charge < -0.3 is 4.74 Å². The van der Waals surface area contributed by atoms with E-state index in [1.54, 1.807) is 0 Å². The van der Waals surface area contributed by atoms with Gasteiger partial charge in [0.1, 0.15) is 17.6 Å². The molecule has 1 heterocycles. The van der Waals surface area contributed by atoms with Crippen LogP contribution in [0.3, 0.4) is 0 Å². The lowest BCUT2D eigenvalue weighted by molar-refractivity contribution is 0.373. The number of para-hydroxylation sites is 1. The molecule has 0 aromatic heterocycles. The summed E-state index contributed by atoms with van der Waals surface area (Å²) in [5.74, 6) is 1.69. The molecule has 0 spiro atoms. The van der Waals surface area contributed by atoms with E-state index < -0.39 is 0 Å². The SMILES string of the molecule is CC12CC=CC(C#N)=C1Oc1ccccc12. The molecule has 1 aromatic rings. The highest BCUT2D eigenvalue weighted by atomic mass is 16.5. The van der Waals surface area contributed by atoms with Gasteiger partial charge in [0.25, 0.3) is 0 Å². The van der Waals surface area contributed by atoms with E-state index in [0.29, 0.717) is 5.57 Å². The van der Waals surface area contributed by atoms with Gasteiger partial charge in [-0.05, 0) is 25.5 Å². The van der Waals surface area contributed by atoms with Crippen molar-refractivity contribution in [1.82, 2.24) is 0 Å². The van der Waals surface area contributed by atoms with Gasteiger partial charge in [-0.2, -0.15) is 5.26 Å². The first-order valence-electron chi connectivity index (χ1n) is 5.34. The van der Waals surface area contributed by atoms with Gasteiger partial charge in [0.2, 0.25) is 0 Å². The van der Waals surface area contributed by atoms with Crippen molar-refractivity contribution in [3.63, 3.8) is 0 Å². The molecule has 0 N–H and O–H groups in total. The summed E-state index contributed by atoms with van der Waals surface area (Å²) < 4.78 is 5.82. The standard InChI is InChI=1S/C14H11NO/c1-14-8-4-5-10(9-15)13(14)16-12-7-3-2-6-11(12)14/h2-7H,8H2,1H3. The summed E-state index contributed by atoms with van der Waals surface area (Å²) >= 11 is 0.